The number of likely N-dealkylation sites (tertiary alicyclic amines) is 1. The summed E-state index contributed by atoms with van der Waals surface area (Å²) >= 11 is 0. The lowest BCUT2D eigenvalue weighted by Gasteiger charge is -2.32. The zero-order chi connectivity index (χ0) is 14.5. The third-order valence-electron chi connectivity index (χ3n) is 3.62. The first-order valence-electron chi connectivity index (χ1n) is 6.86. The summed E-state index contributed by atoms with van der Waals surface area (Å²) in [5, 5.41) is 22.2. The number of amides is 1. The maximum Gasteiger partial charge on any atom is 0.259 e. The maximum atomic E-state index is 12.1. The topological polar surface area (TPSA) is 98.8 Å². The van der Waals surface area contributed by atoms with Crippen molar-refractivity contribution in [3.63, 3.8) is 0 Å². The molecule has 2 rings (SSSR count). The van der Waals surface area contributed by atoms with E-state index in [9.17, 15) is 15.0 Å². The number of hydrogen-bond donors (Lipinski definition) is 4. The van der Waals surface area contributed by atoms with E-state index in [0.29, 0.717) is 6.54 Å². The Morgan fingerprint density at radius 1 is 1.30 bits per heavy atom. The van der Waals surface area contributed by atoms with Crippen LogP contribution in [0.25, 0.3) is 0 Å². The zero-order valence-electron chi connectivity index (χ0n) is 11.4. The van der Waals surface area contributed by atoms with Crippen LogP contribution in [-0.4, -0.2) is 53.2 Å². The molecule has 1 amide bonds. The van der Waals surface area contributed by atoms with Crippen molar-refractivity contribution in [2.24, 2.45) is 5.73 Å². The van der Waals surface area contributed by atoms with Gasteiger partial charge in [-0.1, -0.05) is 6.07 Å². The number of nitrogens with zero attached hydrogens (tertiary/aromatic N) is 1. The van der Waals surface area contributed by atoms with Crippen LogP contribution in [0.2, 0.25) is 0 Å². The molecule has 1 aliphatic heterocycles. The van der Waals surface area contributed by atoms with Crippen molar-refractivity contribution < 1.29 is 15.0 Å². The van der Waals surface area contributed by atoms with E-state index in [4.69, 9.17) is 5.73 Å². The summed E-state index contributed by atoms with van der Waals surface area (Å²) in [5.74, 6) is -0.844. The van der Waals surface area contributed by atoms with Gasteiger partial charge in [-0.15, -0.1) is 0 Å². The summed E-state index contributed by atoms with van der Waals surface area (Å²) in [4.78, 5) is 14.4. The first-order chi connectivity index (χ1) is 9.61. The fourth-order valence-corrected chi connectivity index (χ4v) is 2.50. The van der Waals surface area contributed by atoms with Gasteiger partial charge in [0.15, 0.2) is 0 Å². The smallest absolute Gasteiger partial charge is 0.259 e. The van der Waals surface area contributed by atoms with Crippen LogP contribution in [0, 0.1) is 0 Å². The van der Waals surface area contributed by atoms with Crippen molar-refractivity contribution >= 4 is 5.91 Å². The van der Waals surface area contributed by atoms with Crippen molar-refractivity contribution in [3.8, 4) is 11.5 Å². The fraction of sp³-hybridized carbons (Fsp3) is 0.500. The highest BCUT2D eigenvalue weighted by molar-refractivity contribution is 5.99. The van der Waals surface area contributed by atoms with Gasteiger partial charge in [-0.2, -0.15) is 0 Å². The summed E-state index contributed by atoms with van der Waals surface area (Å²) in [7, 11) is 0. The summed E-state index contributed by atoms with van der Waals surface area (Å²) in [6.45, 7) is 3.31. The predicted octanol–water partition coefficient (Wildman–Crippen LogP) is 0.251. The molecular formula is C14H21N3O3. The van der Waals surface area contributed by atoms with Crippen molar-refractivity contribution in [1.29, 1.82) is 0 Å². The molecular weight excluding hydrogens is 258 g/mol. The highest BCUT2D eigenvalue weighted by Gasteiger charge is 2.23. The molecule has 0 aromatic heterocycles. The lowest BCUT2D eigenvalue weighted by Crippen LogP contribution is -2.45. The molecule has 0 bridgehead atoms. The van der Waals surface area contributed by atoms with Crippen LogP contribution in [0.1, 0.15) is 23.2 Å². The first kappa shape index (κ1) is 14.6. The normalized spacial score (nSPS) is 17.1. The molecule has 1 heterocycles. The molecule has 1 aromatic rings. The van der Waals surface area contributed by atoms with E-state index in [1.807, 2.05) is 0 Å². The number of benzene rings is 1. The monoisotopic (exact) mass is 279 g/mol. The number of phenolic OH excluding ortho intramolecular Hbond substituents is 2. The molecule has 1 aromatic carbocycles. The van der Waals surface area contributed by atoms with E-state index in [1.165, 1.54) is 18.2 Å². The van der Waals surface area contributed by atoms with E-state index in [1.54, 1.807) is 0 Å². The Hall–Kier alpha value is -1.79. The van der Waals surface area contributed by atoms with Gasteiger partial charge in [-0.3, -0.25) is 4.79 Å². The van der Waals surface area contributed by atoms with E-state index in [-0.39, 0.29) is 23.1 Å². The van der Waals surface area contributed by atoms with Gasteiger partial charge in [0.25, 0.3) is 5.91 Å². The Labute approximate surface area is 118 Å². The third-order valence-corrected chi connectivity index (χ3v) is 3.62. The maximum absolute atomic E-state index is 12.1. The minimum absolute atomic E-state index is 0.0584. The summed E-state index contributed by atoms with van der Waals surface area (Å²) in [6, 6.07) is 4.33. The number of piperidine rings is 1. The van der Waals surface area contributed by atoms with Crippen LogP contribution >= 0.6 is 0 Å². The van der Waals surface area contributed by atoms with Crippen LogP contribution in [0.3, 0.4) is 0 Å². The van der Waals surface area contributed by atoms with Crippen LogP contribution in [0.5, 0.6) is 11.5 Å². The van der Waals surface area contributed by atoms with Crippen molar-refractivity contribution in [1.82, 2.24) is 10.2 Å². The molecule has 6 heteroatoms. The van der Waals surface area contributed by atoms with Gasteiger partial charge in [-0.25, -0.2) is 0 Å². The largest absolute Gasteiger partial charge is 0.507 e. The van der Waals surface area contributed by atoms with Gasteiger partial charge in [0.05, 0.1) is 0 Å². The standard InChI is InChI=1S/C14H21N3O3/c15-6-9-17-7-4-10(5-8-17)16-14(20)13-11(18)2-1-3-12(13)19/h1-3,10,18-19H,4-9,15H2,(H,16,20). The molecule has 1 saturated heterocycles. The van der Waals surface area contributed by atoms with Gasteiger partial charge < -0.3 is 26.2 Å². The summed E-state index contributed by atoms with van der Waals surface area (Å²) in [6.07, 6.45) is 1.69. The Bertz CT molecular complexity index is 450. The van der Waals surface area contributed by atoms with E-state index >= 15 is 0 Å². The molecule has 0 unspecified atom stereocenters. The number of carbonyl (C=O) groups is 1. The number of phenols is 2. The molecule has 5 N–H and O–H groups in total. The second-order valence-corrected chi connectivity index (χ2v) is 5.05. The van der Waals surface area contributed by atoms with Crippen LogP contribution < -0.4 is 11.1 Å². The molecule has 0 spiro atoms. The van der Waals surface area contributed by atoms with Gasteiger partial charge in [0.2, 0.25) is 0 Å². The minimum atomic E-state index is -0.433. The summed E-state index contributed by atoms with van der Waals surface area (Å²) < 4.78 is 0. The highest BCUT2D eigenvalue weighted by atomic mass is 16.3. The van der Waals surface area contributed by atoms with Crippen LogP contribution in [0.15, 0.2) is 18.2 Å². The van der Waals surface area contributed by atoms with Gasteiger partial charge >= 0.3 is 0 Å². The molecule has 6 nitrogen and oxygen atoms in total. The Kier molecular flexibility index (Phi) is 4.81. The molecule has 20 heavy (non-hydrogen) atoms. The minimum Gasteiger partial charge on any atom is -0.507 e. The Balaban J connectivity index is 1.93. The highest BCUT2D eigenvalue weighted by Crippen LogP contribution is 2.26. The number of carbonyl (C=O) groups excluding carboxylic acids is 1. The Morgan fingerprint density at radius 2 is 1.90 bits per heavy atom. The second-order valence-electron chi connectivity index (χ2n) is 5.05. The quantitative estimate of drug-likeness (QED) is 0.633. The lowest BCUT2D eigenvalue weighted by atomic mass is 10.0. The number of rotatable bonds is 4. The SMILES string of the molecule is NCCN1CCC(NC(=O)c2c(O)cccc2O)CC1. The third kappa shape index (κ3) is 3.40. The van der Waals surface area contributed by atoms with Crippen LogP contribution in [-0.2, 0) is 0 Å². The number of hydrogen-bond acceptors (Lipinski definition) is 5. The van der Waals surface area contributed by atoms with E-state index in [2.05, 4.69) is 10.2 Å². The molecule has 0 saturated carbocycles. The van der Waals surface area contributed by atoms with Crippen molar-refractivity contribution in [2.45, 2.75) is 18.9 Å². The van der Waals surface area contributed by atoms with Gasteiger partial charge in [0, 0.05) is 32.2 Å². The number of nitrogens with two attached hydrogens (primary N) is 1. The lowest BCUT2D eigenvalue weighted by molar-refractivity contribution is 0.0906. The molecule has 1 fully saturated rings. The molecule has 0 radical (unpaired) electrons. The predicted molar refractivity (Wildman–Crippen MR) is 75.8 cm³/mol. The van der Waals surface area contributed by atoms with Crippen molar-refractivity contribution in [2.75, 3.05) is 26.2 Å². The molecule has 110 valence electrons. The average Bonchev–Trinajstić information content (AvgIpc) is 2.41. The van der Waals surface area contributed by atoms with Crippen molar-refractivity contribution in [3.05, 3.63) is 23.8 Å². The van der Waals surface area contributed by atoms with Gasteiger partial charge in [0.1, 0.15) is 17.1 Å². The Morgan fingerprint density at radius 3 is 2.45 bits per heavy atom. The number of aromatic hydroxyl groups is 2. The summed E-state index contributed by atoms with van der Waals surface area (Å²) in [5.41, 5.74) is 5.46. The number of nitrogens with one attached hydrogen (secondary N) is 1. The molecule has 0 aliphatic carbocycles. The average molecular weight is 279 g/mol. The van der Waals surface area contributed by atoms with E-state index < -0.39 is 5.91 Å². The van der Waals surface area contributed by atoms with E-state index in [0.717, 1.165) is 32.5 Å². The zero-order valence-corrected chi connectivity index (χ0v) is 11.4. The first-order valence-corrected chi connectivity index (χ1v) is 6.86. The molecule has 0 atom stereocenters. The van der Waals surface area contributed by atoms with Crippen LogP contribution in [0.4, 0.5) is 0 Å². The second kappa shape index (κ2) is 6.58. The fourth-order valence-electron chi connectivity index (χ4n) is 2.50. The molecule has 1 aliphatic rings. The van der Waals surface area contributed by atoms with Gasteiger partial charge in [-0.05, 0) is 25.0 Å².